The molecule has 2 heteroatoms. The van der Waals surface area contributed by atoms with Gasteiger partial charge in [-0.3, -0.25) is 0 Å². The fourth-order valence-electron chi connectivity index (χ4n) is 0.911. The molecule has 13 heavy (non-hydrogen) atoms. The third kappa shape index (κ3) is 3.57. The third-order valence-corrected chi connectivity index (χ3v) is 2.82. The van der Waals surface area contributed by atoms with Crippen molar-refractivity contribution in [2.24, 2.45) is 0 Å². The van der Waals surface area contributed by atoms with Crippen molar-refractivity contribution in [3.8, 4) is 0 Å². The maximum Gasteiger partial charge on any atom is 0.146 e. The summed E-state index contributed by atoms with van der Waals surface area (Å²) in [6, 6.07) is 12.7. The molecule has 0 saturated carbocycles. The molecule has 0 amide bonds. The van der Waals surface area contributed by atoms with Crippen molar-refractivity contribution in [3.05, 3.63) is 36.4 Å². The van der Waals surface area contributed by atoms with Crippen LogP contribution in [-0.4, -0.2) is 16.6 Å². The van der Waals surface area contributed by atoms with Gasteiger partial charge < -0.3 is 4.43 Å². The lowest BCUT2D eigenvalue weighted by atomic mass is 10.1. The second kappa shape index (κ2) is 4.99. The van der Waals surface area contributed by atoms with E-state index in [9.17, 15) is 0 Å². The highest BCUT2D eigenvalue weighted by Gasteiger charge is 1.84. The topological polar surface area (TPSA) is 9.23 Å². The summed E-state index contributed by atoms with van der Waals surface area (Å²) in [6.07, 6.45) is 0.446. The van der Waals surface area contributed by atoms with Gasteiger partial charge in [-0.25, -0.2) is 0 Å². The van der Waals surface area contributed by atoms with Crippen molar-refractivity contribution in [1.82, 2.24) is 0 Å². The Morgan fingerprint density at radius 1 is 0.923 bits per heavy atom. The zero-order valence-corrected chi connectivity index (χ0v) is 10.4. The Labute approximate surface area is 82.6 Å². The summed E-state index contributed by atoms with van der Waals surface area (Å²) >= 11 is 0. The molecular formula is C11H16OSi. The molecule has 0 aliphatic carbocycles. The minimum absolute atomic E-state index is 0.446. The molecule has 3 rings (SSSR count). The molecule has 0 aliphatic heterocycles. The Morgan fingerprint density at radius 3 is 1.23 bits per heavy atom. The van der Waals surface area contributed by atoms with E-state index in [1.54, 1.807) is 0 Å². The largest absolute Gasteiger partial charge is 0.426 e. The maximum atomic E-state index is 4.89. The predicted molar refractivity (Wildman–Crippen MR) is 61.3 cm³/mol. The average Bonchev–Trinajstić information content (AvgIpc) is 2.21. The molecule has 0 spiro atoms. The van der Waals surface area contributed by atoms with Crippen molar-refractivity contribution >= 4 is 21.3 Å². The Bertz CT molecular complexity index is 255. The van der Waals surface area contributed by atoms with Gasteiger partial charge >= 0.3 is 0 Å². The normalized spacial score (nSPS) is 10.4. The molecule has 2 bridgehead atoms. The standard InChI is InChI=1S/C8H6.C3H10OSi/c1-2-8-5-3-7(1)4-6-8;1-3(2)4-5/h1-6H;3H,1-2,5H3. The molecule has 70 valence electrons. The van der Waals surface area contributed by atoms with Gasteiger partial charge in [0.25, 0.3) is 0 Å². The summed E-state index contributed by atoms with van der Waals surface area (Å²) in [5, 5.41) is 2.61. The van der Waals surface area contributed by atoms with Gasteiger partial charge in [0.1, 0.15) is 10.5 Å². The van der Waals surface area contributed by atoms with Gasteiger partial charge in [-0.05, 0) is 24.6 Å². The van der Waals surface area contributed by atoms with Crippen molar-refractivity contribution in [2.45, 2.75) is 20.0 Å². The van der Waals surface area contributed by atoms with E-state index in [1.165, 1.54) is 10.8 Å². The maximum absolute atomic E-state index is 4.89. The minimum Gasteiger partial charge on any atom is -0.426 e. The molecule has 0 heterocycles. The number of hydrogen-bond donors (Lipinski definition) is 0. The van der Waals surface area contributed by atoms with E-state index in [0.29, 0.717) is 6.10 Å². The molecule has 1 nitrogen and oxygen atoms in total. The van der Waals surface area contributed by atoms with Crippen LogP contribution in [0.25, 0.3) is 10.8 Å². The zero-order chi connectivity index (χ0) is 9.68. The molecule has 0 atom stereocenters. The smallest absolute Gasteiger partial charge is 0.146 e. The Kier molecular flexibility index (Phi) is 3.93. The van der Waals surface area contributed by atoms with Gasteiger partial charge in [-0.2, -0.15) is 0 Å². The van der Waals surface area contributed by atoms with Gasteiger partial charge in [-0.15, -0.1) is 0 Å². The van der Waals surface area contributed by atoms with Crippen LogP contribution in [0.2, 0.25) is 0 Å². The van der Waals surface area contributed by atoms with Crippen molar-refractivity contribution < 1.29 is 4.43 Å². The fraction of sp³-hybridized carbons (Fsp3) is 0.273. The SMILES string of the molecule is CC(C)O[SiH3].c1cc2ccc1cc2. The molecule has 0 N–H and O–H groups in total. The van der Waals surface area contributed by atoms with Gasteiger partial charge in [0.15, 0.2) is 0 Å². The number of benzene rings is 3. The first-order valence-electron chi connectivity index (χ1n) is 4.53. The first-order chi connectivity index (χ1) is 6.22. The van der Waals surface area contributed by atoms with E-state index in [4.69, 9.17) is 4.43 Å². The van der Waals surface area contributed by atoms with Gasteiger partial charge in [-0.1, -0.05) is 36.4 Å². The summed E-state index contributed by atoms with van der Waals surface area (Å²) in [7, 11) is 0.873. The first kappa shape index (κ1) is 10.2. The zero-order valence-electron chi connectivity index (χ0n) is 8.45. The van der Waals surface area contributed by atoms with Crippen LogP contribution < -0.4 is 0 Å². The van der Waals surface area contributed by atoms with E-state index in [0.717, 1.165) is 10.5 Å². The lowest BCUT2D eigenvalue weighted by Crippen LogP contribution is -1.95. The predicted octanol–water partition coefficient (Wildman–Crippen LogP) is 1.97. The third-order valence-electron chi connectivity index (χ3n) is 1.88. The summed E-state index contributed by atoms with van der Waals surface area (Å²) in [5.41, 5.74) is 0. The monoisotopic (exact) mass is 192 g/mol. The van der Waals surface area contributed by atoms with Crippen LogP contribution in [0.1, 0.15) is 13.8 Å². The lowest BCUT2D eigenvalue weighted by Gasteiger charge is -1.95. The quantitative estimate of drug-likeness (QED) is 0.628. The van der Waals surface area contributed by atoms with E-state index < -0.39 is 0 Å². The molecule has 3 aromatic rings. The van der Waals surface area contributed by atoms with Crippen molar-refractivity contribution in [2.75, 3.05) is 0 Å². The second-order valence-corrected chi connectivity index (χ2v) is 3.76. The van der Waals surface area contributed by atoms with Crippen LogP contribution in [0.4, 0.5) is 0 Å². The van der Waals surface area contributed by atoms with Gasteiger partial charge in [0.2, 0.25) is 0 Å². The van der Waals surface area contributed by atoms with Crippen LogP contribution in [0.5, 0.6) is 0 Å². The molecular weight excluding hydrogens is 176 g/mol. The molecule has 0 fully saturated rings. The number of rotatable bonds is 1. The molecule has 0 unspecified atom stereocenters. The number of hydrogen-bond acceptors (Lipinski definition) is 1. The minimum atomic E-state index is 0.446. The second-order valence-electron chi connectivity index (χ2n) is 3.28. The fourth-order valence-corrected chi connectivity index (χ4v) is 0.911. The van der Waals surface area contributed by atoms with E-state index >= 15 is 0 Å². The number of fused-ring (bicyclic) bond motifs is 3. The van der Waals surface area contributed by atoms with Crippen LogP contribution in [0.15, 0.2) is 36.4 Å². The molecule has 0 saturated heterocycles. The van der Waals surface area contributed by atoms with Crippen LogP contribution in [0, 0.1) is 0 Å². The van der Waals surface area contributed by atoms with Gasteiger partial charge in [0.05, 0.1) is 0 Å². The molecule has 0 aromatic heterocycles. The van der Waals surface area contributed by atoms with Crippen LogP contribution in [-0.2, 0) is 4.43 Å². The van der Waals surface area contributed by atoms with Crippen LogP contribution in [0.3, 0.4) is 0 Å². The highest BCUT2D eigenvalue weighted by Crippen LogP contribution is 2.09. The highest BCUT2D eigenvalue weighted by molar-refractivity contribution is 5.98. The highest BCUT2D eigenvalue weighted by atomic mass is 28.2. The lowest BCUT2D eigenvalue weighted by molar-refractivity contribution is 0.267. The molecule has 0 radical (unpaired) electrons. The Morgan fingerprint density at radius 2 is 1.15 bits per heavy atom. The molecule has 3 aromatic carbocycles. The van der Waals surface area contributed by atoms with E-state index in [1.807, 2.05) is 13.8 Å². The summed E-state index contributed by atoms with van der Waals surface area (Å²) < 4.78 is 4.89. The summed E-state index contributed by atoms with van der Waals surface area (Å²) in [4.78, 5) is 0. The molecule has 0 aliphatic rings. The average molecular weight is 192 g/mol. The van der Waals surface area contributed by atoms with Gasteiger partial charge in [0, 0.05) is 6.10 Å². The summed E-state index contributed by atoms with van der Waals surface area (Å²) in [5.74, 6) is 0. The Balaban J connectivity index is 0.000000149. The van der Waals surface area contributed by atoms with E-state index in [2.05, 4.69) is 36.4 Å². The first-order valence-corrected chi connectivity index (χ1v) is 5.35. The Hall–Kier alpha value is -0.863. The van der Waals surface area contributed by atoms with Crippen molar-refractivity contribution in [3.63, 3.8) is 0 Å². The van der Waals surface area contributed by atoms with Crippen LogP contribution >= 0.6 is 0 Å². The van der Waals surface area contributed by atoms with E-state index in [-0.39, 0.29) is 0 Å². The summed E-state index contributed by atoms with van der Waals surface area (Å²) in [6.45, 7) is 4.07. The van der Waals surface area contributed by atoms with Crippen molar-refractivity contribution in [1.29, 1.82) is 0 Å².